The van der Waals surface area contributed by atoms with Gasteiger partial charge < -0.3 is 9.52 Å². The van der Waals surface area contributed by atoms with E-state index >= 15 is 0 Å². The highest BCUT2D eigenvalue weighted by Gasteiger charge is 2.09. The first-order valence-corrected chi connectivity index (χ1v) is 3.12. The van der Waals surface area contributed by atoms with Crippen LogP contribution in [0.1, 0.15) is 5.76 Å². The molecule has 1 aromatic heterocycles. The number of carboxylic acids is 1. The molecule has 4 nitrogen and oxygen atoms in total. The van der Waals surface area contributed by atoms with Crippen LogP contribution in [0.2, 0.25) is 0 Å². The van der Waals surface area contributed by atoms with Crippen LogP contribution in [0.3, 0.4) is 0 Å². The molecule has 0 amide bonds. The Balaban J connectivity index is 3.12. The molecule has 0 fully saturated rings. The van der Waals surface area contributed by atoms with Crippen molar-refractivity contribution in [3.05, 3.63) is 41.0 Å². The van der Waals surface area contributed by atoms with Gasteiger partial charge in [-0.2, -0.15) is 0 Å². The molecule has 0 atom stereocenters. The van der Waals surface area contributed by atoms with Gasteiger partial charge in [0.1, 0.15) is 5.76 Å². The van der Waals surface area contributed by atoms with Gasteiger partial charge in [-0.1, -0.05) is 6.58 Å². The predicted molar refractivity (Wildman–Crippen MR) is 41.6 cm³/mol. The maximum Gasteiger partial charge on any atom is 0.338 e. The number of carbonyl (C=O) groups is 1. The molecule has 0 aliphatic carbocycles. The molecule has 0 aliphatic heterocycles. The minimum Gasteiger partial charge on any atom is -0.478 e. The van der Waals surface area contributed by atoms with Gasteiger partial charge in [0.2, 0.25) is 0 Å². The quantitative estimate of drug-likeness (QED) is 0.658. The van der Waals surface area contributed by atoms with Crippen molar-refractivity contribution in [1.82, 2.24) is 0 Å². The SMILES string of the molecule is C=C(C(=O)O)c1cc(=O)cco1. The van der Waals surface area contributed by atoms with Gasteiger partial charge in [-0.15, -0.1) is 0 Å². The minimum atomic E-state index is -1.20. The fourth-order valence-electron chi connectivity index (χ4n) is 0.649. The van der Waals surface area contributed by atoms with Crippen molar-refractivity contribution < 1.29 is 14.3 Å². The third-order valence-corrected chi connectivity index (χ3v) is 1.26. The standard InChI is InChI=1S/C8H6O4/c1-5(8(10)11)7-4-6(9)2-3-12-7/h2-4H,1H2,(H,10,11). The highest BCUT2D eigenvalue weighted by molar-refractivity contribution is 6.13. The molecule has 0 radical (unpaired) electrons. The van der Waals surface area contributed by atoms with Crippen LogP contribution >= 0.6 is 0 Å². The summed E-state index contributed by atoms with van der Waals surface area (Å²) in [6.45, 7) is 3.23. The van der Waals surface area contributed by atoms with Crippen LogP contribution in [0.5, 0.6) is 0 Å². The molecule has 0 unspecified atom stereocenters. The Bertz CT molecular complexity index is 375. The Labute approximate surface area is 67.8 Å². The highest BCUT2D eigenvalue weighted by atomic mass is 16.4. The number of hydrogen-bond donors (Lipinski definition) is 1. The summed E-state index contributed by atoms with van der Waals surface area (Å²) >= 11 is 0. The Morgan fingerprint density at radius 2 is 2.25 bits per heavy atom. The van der Waals surface area contributed by atoms with Gasteiger partial charge in [0.25, 0.3) is 0 Å². The molecule has 0 aromatic carbocycles. The monoisotopic (exact) mass is 166 g/mol. The molecule has 1 aromatic rings. The predicted octanol–water partition coefficient (Wildman–Crippen LogP) is 0.738. The van der Waals surface area contributed by atoms with E-state index in [-0.39, 0.29) is 16.8 Å². The molecular formula is C8H6O4. The first kappa shape index (κ1) is 8.26. The van der Waals surface area contributed by atoms with Gasteiger partial charge in [0.05, 0.1) is 11.8 Å². The third kappa shape index (κ3) is 1.60. The van der Waals surface area contributed by atoms with E-state index in [1.54, 1.807) is 0 Å². The van der Waals surface area contributed by atoms with Crippen molar-refractivity contribution >= 4 is 11.5 Å². The first-order chi connectivity index (χ1) is 5.61. The molecule has 12 heavy (non-hydrogen) atoms. The number of rotatable bonds is 2. The van der Waals surface area contributed by atoms with Gasteiger partial charge in [0.15, 0.2) is 5.43 Å². The zero-order valence-corrected chi connectivity index (χ0v) is 6.11. The summed E-state index contributed by atoms with van der Waals surface area (Å²) in [6, 6.07) is 2.27. The maximum atomic E-state index is 10.7. The van der Waals surface area contributed by atoms with Crippen molar-refractivity contribution in [3.63, 3.8) is 0 Å². The van der Waals surface area contributed by atoms with Gasteiger partial charge >= 0.3 is 5.97 Å². The molecule has 1 heterocycles. The van der Waals surface area contributed by atoms with Crippen molar-refractivity contribution in [2.75, 3.05) is 0 Å². The minimum absolute atomic E-state index is 0.0185. The lowest BCUT2D eigenvalue weighted by Gasteiger charge is -1.96. The van der Waals surface area contributed by atoms with Crippen molar-refractivity contribution in [3.8, 4) is 0 Å². The highest BCUT2D eigenvalue weighted by Crippen LogP contribution is 2.08. The van der Waals surface area contributed by atoms with E-state index in [4.69, 9.17) is 9.52 Å². The smallest absolute Gasteiger partial charge is 0.338 e. The van der Waals surface area contributed by atoms with Crippen molar-refractivity contribution in [2.24, 2.45) is 0 Å². The Kier molecular flexibility index (Phi) is 2.09. The van der Waals surface area contributed by atoms with E-state index in [2.05, 4.69) is 6.58 Å². The summed E-state index contributed by atoms with van der Waals surface area (Å²) in [5, 5.41) is 8.46. The third-order valence-electron chi connectivity index (χ3n) is 1.26. The summed E-state index contributed by atoms with van der Waals surface area (Å²) in [4.78, 5) is 21.1. The van der Waals surface area contributed by atoms with Crippen LogP contribution in [0, 0.1) is 0 Å². The summed E-state index contributed by atoms with van der Waals surface area (Å²) in [6.07, 6.45) is 1.13. The average molecular weight is 166 g/mol. The summed E-state index contributed by atoms with van der Waals surface area (Å²) in [5.74, 6) is -1.22. The van der Waals surface area contributed by atoms with Gasteiger partial charge in [0, 0.05) is 12.1 Å². The van der Waals surface area contributed by atoms with Gasteiger partial charge in [-0.05, 0) is 0 Å². The molecule has 0 spiro atoms. The first-order valence-electron chi connectivity index (χ1n) is 3.12. The topological polar surface area (TPSA) is 67.5 Å². The van der Waals surface area contributed by atoms with Gasteiger partial charge in [-0.3, -0.25) is 4.79 Å². The molecule has 4 heteroatoms. The van der Waals surface area contributed by atoms with Crippen LogP contribution < -0.4 is 5.43 Å². The fourth-order valence-corrected chi connectivity index (χ4v) is 0.649. The van der Waals surface area contributed by atoms with Crippen molar-refractivity contribution in [1.29, 1.82) is 0 Å². The summed E-state index contributed by atoms with van der Waals surface area (Å²) in [7, 11) is 0. The van der Waals surface area contributed by atoms with Crippen LogP contribution in [0.25, 0.3) is 5.57 Å². The Morgan fingerprint density at radius 3 is 2.75 bits per heavy atom. The van der Waals surface area contributed by atoms with E-state index in [0.717, 1.165) is 12.3 Å². The Morgan fingerprint density at radius 1 is 1.58 bits per heavy atom. The molecule has 0 bridgehead atoms. The molecule has 1 rings (SSSR count). The Hall–Kier alpha value is -1.84. The summed E-state index contributed by atoms with van der Waals surface area (Å²) in [5.41, 5.74) is -0.536. The van der Waals surface area contributed by atoms with E-state index in [0.29, 0.717) is 0 Å². The van der Waals surface area contributed by atoms with Crippen LogP contribution in [-0.2, 0) is 4.79 Å². The van der Waals surface area contributed by atoms with E-state index < -0.39 is 5.97 Å². The van der Waals surface area contributed by atoms with Gasteiger partial charge in [-0.25, -0.2) is 4.79 Å². The van der Waals surface area contributed by atoms with Crippen LogP contribution in [0.4, 0.5) is 0 Å². The van der Waals surface area contributed by atoms with E-state index in [9.17, 15) is 9.59 Å². The van der Waals surface area contributed by atoms with Crippen LogP contribution in [0.15, 0.2) is 34.2 Å². The van der Waals surface area contributed by atoms with E-state index in [1.165, 1.54) is 6.07 Å². The molecule has 0 aliphatic rings. The molecule has 62 valence electrons. The van der Waals surface area contributed by atoms with Crippen molar-refractivity contribution in [2.45, 2.75) is 0 Å². The maximum absolute atomic E-state index is 10.7. The second kappa shape index (κ2) is 3.04. The lowest BCUT2D eigenvalue weighted by atomic mass is 10.2. The lowest BCUT2D eigenvalue weighted by molar-refractivity contribution is -0.130. The number of hydrogen-bond acceptors (Lipinski definition) is 3. The van der Waals surface area contributed by atoms with Crippen LogP contribution in [-0.4, -0.2) is 11.1 Å². The molecular weight excluding hydrogens is 160 g/mol. The second-order valence-electron chi connectivity index (χ2n) is 2.12. The largest absolute Gasteiger partial charge is 0.478 e. The zero-order valence-electron chi connectivity index (χ0n) is 6.11. The fraction of sp³-hybridized carbons (Fsp3) is 0. The average Bonchev–Trinajstić information content (AvgIpc) is 2.03. The second-order valence-corrected chi connectivity index (χ2v) is 2.12. The summed E-state index contributed by atoms with van der Waals surface area (Å²) < 4.78 is 4.75. The lowest BCUT2D eigenvalue weighted by Crippen LogP contribution is -2.02. The molecule has 0 saturated heterocycles. The zero-order chi connectivity index (χ0) is 9.14. The van der Waals surface area contributed by atoms with E-state index in [1.807, 2.05) is 0 Å². The number of aliphatic carboxylic acids is 1. The number of carboxylic acid groups (broad SMARTS) is 1. The molecule has 1 N–H and O–H groups in total. The molecule has 0 saturated carbocycles. The normalized spacial score (nSPS) is 9.33.